The van der Waals surface area contributed by atoms with E-state index < -0.39 is 0 Å². The molecule has 2 heterocycles. The van der Waals surface area contributed by atoms with Gasteiger partial charge in [0.2, 0.25) is 0 Å². The maximum absolute atomic E-state index is 12.2. The lowest BCUT2D eigenvalue weighted by Gasteiger charge is -2.37. The molecule has 0 aromatic carbocycles. The van der Waals surface area contributed by atoms with Crippen molar-refractivity contribution in [2.24, 2.45) is 7.05 Å². The number of morpholine rings is 1. The second kappa shape index (κ2) is 4.85. The molecule has 94 valence electrons. The van der Waals surface area contributed by atoms with Crippen molar-refractivity contribution in [3.05, 3.63) is 18.0 Å². The molecule has 17 heavy (non-hydrogen) atoms. The van der Waals surface area contributed by atoms with Crippen LogP contribution in [0.4, 0.5) is 0 Å². The zero-order chi connectivity index (χ0) is 12.4. The summed E-state index contributed by atoms with van der Waals surface area (Å²) < 4.78 is 7.00. The maximum atomic E-state index is 12.2. The summed E-state index contributed by atoms with van der Waals surface area (Å²) in [5.41, 5.74) is 0.568. The minimum absolute atomic E-state index is 0.0190. The van der Waals surface area contributed by atoms with E-state index in [0.29, 0.717) is 18.7 Å². The first kappa shape index (κ1) is 12.1. The molecule has 1 aliphatic rings. The van der Waals surface area contributed by atoms with E-state index in [2.05, 4.69) is 5.10 Å². The highest BCUT2D eigenvalue weighted by molar-refractivity contribution is 5.94. The number of aryl methyl sites for hydroxylation is 1. The van der Waals surface area contributed by atoms with Gasteiger partial charge in [-0.25, -0.2) is 0 Å². The molecule has 1 saturated heterocycles. The smallest absolute Gasteiger partial charge is 0.257 e. The molecule has 0 aliphatic carbocycles. The van der Waals surface area contributed by atoms with Crippen LogP contribution in [0.5, 0.6) is 0 Å². The van der Waals surface area contributed by atoms with Crippen LogP contribution < -0.4 is 0 Å². The summed E-state index contributed by atoms with van der Waals surface area (Å²) in [7, 11) is 1.77. The second-order valence-corrected chi connectivity index (χ2v) is 4.35. The SMILES string of the molecule is CC1COC(CO)CN1C(=O)c1cnn(C)c1. The van der Waals surface area contributed by atoms with Gasteiger partial charge in [0.05, 0.1) is 37.1 Å². The summed E-state index contributed by atoms with van der Waals surface area (Å²) in [4.78, 5) is 13.9. The van der Waals surface area contributed by atoms with Gasteiger partial charge in [0.15, 0.2) is 0 Å². The number of carbonyl (C=O) groups is 1. The summed E-state index contributed by atoms with van der Waals surface area (Å²) in [5.74, 6) is -0.0626. The number of aliphatic hydroxyl groups excluding tert-OH is 1. The number of hydrogen-bond acceptors (Lipinski definition) is 4. The first-order chi connectivity index (χ1) is 8.11. The predicted octanol–water partition coefficient (Wildman–Crippen LogP) is -0.358. The topological polar surface area (TPSA) is 67.6 Å². The molecule has 0 bridgehead atoms. The fourth-order valence-electron chi connectivity index (χ4n) is 1.91. The Labute approximate surface area is 99.8 Å². The highest BCUT2D eigenvalue weighted by atomic mass is 16.5. The Morgan fingerprint density at radius 3 is 3.06 bits per heavy atom. The Morgan fingerprint density at radius 1 is 1.71 bits per heavy atom. The largest absolute Gasteiger partial charge is 0.394 e. The Balaban J connectivity index is 2.12. The van der Waals surface area contributed by atoms with Gasteiger partial charge in [-0.2, -0.15) is 5.10 Å². The lowest BCUT2D eigenvalue weighted by atomic mass is 10.1. The zero-order valence-electron chi connectivity index (χ0n) is 10.0. The number of rotatable bonds is 2. The van der Waals surface area contributed by atoms with Crippen LogP contribution >= 0.6 is 0 Å². The standard InChI is InChI=1S/C11H17N3O3/c1-8-7-17-10(6-15)5-14(8)11(16)9-3-12-13(2)4-9/h3-4,8,10,15H,5-7H2,1-2H3. The first-order valence-corrected chi connectivity index (χ1v) is 5.64. The van der Waals surface area contributed by atoms with Crippen molar-refractivity contribution >= 4 is 5.91 Å². The molecule has 1 aromatic heterocycles. The van der Waals surface area contributed by atoms with Crippen LogP contribution in [0, 0.1) is 0 Å². The summed E-state index contributed by atoms with van der Waals surface area (Å²) in [6.45, 7) is 2.74. The van der Waals surface area contributed by atoms with E-state index in [1.54, 1.807) is 29.0 Å². The van der Waals surface area contributed by atoms with E-state index in [4.69, 9.17) is 9.84 Å². The van der Waals surface area contributed by atoms with Gasteiger partial charge < -0.3 is 14.7 Å². The maximum Gasteiger partial charge on any atom is 0.257 e. The van der Waals surface area contributed by atoms with Crippen LogP contribution in [0.15, 0.2) is 12.4 Å². The fourth-order valence-corrected chi connectivity index (χ4v) is 1.91. The van der Waals surface area contributed by atoms with Gasteiger partial charge in [0.1, 0.15) is 0 Å². The van der Waals surface area contributed by atoms with Crippen molar-refractivity contribution in [1.29, 1.82) is 0 Å². The van der Waals surface area contributed by atoms with Crippen molar-refractivity contribution in [3.63, 3.8) is 0 Å². The third kappa shape index (κ3) is 2.48. The summed E-state index contributed by atoms with van der Waals surface area (Å²) >= 11 is 0. The first-order valence-electron chi connectivity index (χ1n) is 5.64. The van der Waals surface area contributed by atoms with Crippen LogP contribution in [-0.4, -0.2) is 57.6 Å². The predicted molar refractivity (Wildman–Crippen MR) is 60.5 cm³/mol. The summed E-state index contributed by atoms with van der Waals surface area (Å²) in [5, 5.41) is 13.1. The minimum atomic E-state index is -0.285. The average molecular weight is 239 g/mol. The molecule has 6 heteroatoms. The van der Waals surface area contributed by atoms with Gasteiger partial charge >= 0.3 is 0 Å². The van der Waals surface area contributed by atoms with Gasteiger partial charge in [-0.3, -0.25) is 9.48 Å². The van der Waals surface area contributed by atoms with Crippen LogP contribution in [0.2, 0.25) is 0 Å². The lowest BCUT2D eigenvalue weighted by Crippen LogP contribution is -2.51. The normalized spacial score (nSPS) is 25.0. The highest BCUT2D eigenvalue weighted by Gasteiger charge is 2.30. The number of carbonyl (C=O) groups excluding carboxylic acids is 1. The van der Waals surface area contributed by atoms with E-state index in [1.807, 2.05) is 6.92 Å². The Morgan fingerprint density at radius 2 is 2.47 bits per heavy atom. The molecule has 2 atom stereocenters. The molecule has 1 fully saturated rings. The van der Waals surface area contributed by atoms with E-state index >= 15 is 0 Å². The van der Waals surface area contributed by atoms with E-state index in [9.17, 15) is 4.79 Å². The lowest BCUT2D eigenvalue weighted by molar-refractivity contribution is -0.0667. The molecule has 6 nitrogen and oxygen atoms in total. The minimum Gasteiger partial charge on any atom is -0.394 e. The molecule has 2 rings (SSSR count). The average Bonchev–Trinajstić information content (AvgIpc) is 2.76. The molecule has 2 unspecified atom stereocenters. The summed E-state index contributed by atoms with van der Waals surface area (Å²) in [6.07, 6.45) is 2.96. The number of hydrogen-bond donors (Lipinski definition) is 1. The number of aromatic nitrogens is 2. The molecule has 1 aromatic rings. The van der Waals surface area contributed by atoms with Gasteiger partial charge in [-0.05, 0) is 6.92 Å². The van der Waals surface area contributed by atoms with Crippen LogP contribution in [0.1, 0.15) is 17.3 Å². The number of ether oxygens (including phenoxy) is 1. The molecule has 1 aliphatic heterocycles. The van der Waals surface area contributed by atoms with Gasteiger partial charge in [0, 0.05) is 19.8 Å². The van der Waals surface area contributed by atoms with Crippen molar-refractivity contribution in [2.75, 3.05) is 19.8 Å². The van der Waals surface area contributed by atoms with Crippen molar-refractivity contribution in [1.82, 2.24) is 14.7 Å². The molecule has 0 saturated carbocycles. The second-order valence-electron chi connectivity index (χ2n) is 4.35. The van der Waals surface area contributed by atoms with E-state index in [1.165, 1.54) is 0 Å². The van der Waals surface area contributed by atoms with Crippen LogP contribution in [-0.2, 0) is 11.8 Å². The molecule has 0 radical (unpaired) electrons. The third-order valence-corrected chi connectivity index (χ3v) is 2.92. The van der Waals surface area contributed by atoms with Crippen LogP contribution in [0.25, 0.3) is 0 Å². The van der Waals surface area contributed by atoms with E-state index in [0.717, 1.165) is 0 Å². The van der Waals surface area contributed by atoms with Gasteiger partial charge in [0.25, 0.3) is 5.91 Å². The fraction of sp³-hybridized carbons (Fsp3) is 0.636. The Hall–Kier alpha value is -1.40. The monoisotopic (exact) mass is 239 g/mol. The quantitative estimate of drug-likeness (QED) is 0.765. The zero-order valence-corrected chi connectivity index (χ0v) is 10.0. The van der Waals surface area contributed by atoms with Crippen molar-refractivity contribution in [2.45, 2.75) is 19.1 Å². The summed E-state index contributed by atoms with van der Waals surface area (Å²) in [6, 6.07) is 0.0190. The van der Waals surface area contributed by atoms with Crippen LogP contribution in [0.3, 0.4) is 0 Å². The molecule has 1 N–H and O–H groups in total. The van der Waals surface area contributed by atoms with Crippen molar-refractivity contribution < 1.29 is 14.6 Å². The van der Waals surface area contributed by atoms with E-state index in [-0.39, 0.29) is 24.7 Å². The third-order valence-electron chi connectivity index (χ3n) is 2.92. The number of nitrogens with zero attached hydrogens (tertiary/aromatic N) is 3. The molecule has 0 spiro atoms. The Bertz CT molecular complexity index is 404. The highest BCUT2D eigenvalue weighted by Crippen LogP contribution is 2.15. The molecular weight excluding hydrogens is 222 g/mol. The number of amides is 1. The number of aliphatic hydroxyl groups is 1. The van der Waals surface area contributed by atoms with Gasteiger partial charge in [-0.15, -0.1) is 0 Å². The molecular formula is C11H17N3O3. The van der Waals surface area contributed by atoms with Crippen molar-refractivity contribution in [3.8, 4) is 0 Å². The Kier molecular flexibility index (Phi) is 3.44. The molecule has 1 amide bonds. The van der Waals surface area contributed by atoms with Gasteiger partial charge in [-0.1, -0.05) is 0 Å².